The Kier molecular flexibility index (Phi) is 4.44. The number of ether oxygens (including phenoxy) is 1. The molecular formula is C22H21FN2O2. The Morgan fingerprint density at radius 1 is 1.11 bits per heavy atom. The van der Waals surface area contributed by atoms with Gasteiger partial charge in [-0.25, -0.2) is 4.39 Å². The van der Waals surface area contributed by atoms with E-state index in [0.717, 1.165) is 23.6 Å². The van der Waals surface area contributed by atoms with Gasteiger partial charge in [-0.2, -0.15) is 0 Å². The molecule has 2 heterocycles. The summed E-state index contributed by atoms with van der Waals surface area (Å²) in [5.41, 5.74) is 2.94. The number of para-hydroxylation sites is 1. The van der Waals surface area contributed by atoms with E-state index in [1.807, 2.05) is 47.5 Å². The van der Waals surface area contributed by atoms with Crippen LogP contribution < -0.4 is 4.74 Å². The lowest BCUT2D eigenvalue weighted by atomic mass is 9.97. The third-order valence-electron chi connectivity index (χ3n) is 5.14. The SMILES string of the molecule is COc1ccccc1[C@H]1c2cccn2CCN1C(=O)c1ccc(F)c(C)c1. The molecule has 0 bridgehead atoms. The first-order valence-corrected chi connectivity index (χ1v) is 8.95. The number of carbonyl (C=O) groups is 1. The Balaban J connectivity index is 1.81. The predicted octanol–water partition coefficient (Wildman–Crippen LogP) is 4.19. The van der Waals surface area contributed by atoms with E-state index in [-0.39, 0.29) is 17.8 Å². The monoisotopic (exact) mass is 364 g/mol. The van der Waals surface area contributed by atoms with Crippen LogP contribution >= 0.6 is 0 Å². The minimum absolute atomic E-state index is 0.110. The Morgan fingerprint density at radius 3 is 2.70 bits per heavy atom. The second-order valence-corrected chi connectivity index (χ2v) is 6.73. The molecule has 0 fully saturated rings. The van der Waals surface area contributed by atoms with Gasteiger partial charge in [0.15, 0.2) is 0 Å². The zero-order chi connectivity index (χ0) is 19.0. The van der Waals surface area contributed by atoms with Gasteiger partial charge in [0.05, 0.1) is 7.11 Å². The number of carbonyl (C=O) groups excluding carboxylic acids is 1. The van der Waals surface area contributed by atoms with Crippen LogP contribution in [0.25, 0.3) is 0 Å². The first kappa shape index (κ1) is 17.3. The van der Waals surface area contributed by atoms with Crippen molar-refractivity contribution in [2.75, 3.05) is 13.7 Å². The predicted molar refractivity (Wildman–Crippen MR) is 101 cm³/mol. The van der Waals surface area contributed by atoms with Gasteiger partial charge in [0, 0.05) is 36.1 Å². The van der Waals surface area contributed by atoms with Gasteiger partial charge in [0.25, 0.3) is 5.91 Å². The van der Waals surface area contributed by atoms with E-state index in [4.69, 9.17) is 4.74 Å². The molecule has 1 aromatic heterocycles. The highest BCUT2D eigenvalue weighted by Crippen LogP contribution is 2.38. The molecule has 3 aromatic rings. The third kappa shape index (κ3) is 2.99. The molecule has 0 saturated heterocycles. The van der Waals surface area contributed by atoms with E-state index >= 15 is 0 Å². The van der Waals surface area contributed by atoms with Crippen molar-refractivity contribution in [2.45, 2.75) is 19.5 Å². The fraction of sp³-hybridized carbons (Fsp3) is 0.227. The average Bonchev–Trinajstić information content (AvgIpc) is 3.17. The molecule has 4 rings (SSSR count). The van der Waals surface area contributed by atoms with Crippen molar-refractivity contribution in [1.29, 1.82) is 0 Å². The van der Waals surface area contributed by atoms with Crippen molar-refractivity contribution in [1.82, 2.24) is 9.47 Å². The second kappa shape index (κ2) is 6.91. The first-order chi connectivity index (χ1) is 13.1. The largest absolute Gasteiger partial charge is 0.496 e. The van der Waals surface area contributed by atoms with Gasteiger partial charge >= 0.3 is 0 Å². The summed E-state index contributed by atoms with van der Waals surface area (Å²) in [5.74, 6) is 0.326. The third-order valence-corrected chi connectivity index (χ3v) is 5.14. The van der Waals surface area contributed by atoms with Crippen molar-refractivity contribution in [2.24, 2.45) is 0 Å². The molecule has 1 amide bonds. The van der Waals surface area contributed by atoms with Crippen LogP contribution in [0.3, 0.4) is 0 Å². The number of benzene rings is 2. The molecule has 4 nitrogen and oxygen atoms in total. The number of nitrogens with zero attached hydrogens (tertiary/aromatic N) is 2. The standard InChI is InChI=1S/C22H21FN2O2/c1-15-14-16(9-10-18(15)23)22(26)25-13-12-24-11-5-7-19(24)21(25)17-6-3-4-8-20(17)27-2/h3-11,14,21H,12-13H2,1-2H3/t21-/m0/s1. The maximum absolute atomic E-state index is 13.7. The fourth-order valence-corrected chi connectivity index (χ4v) is 3.77. The summed E-state index contributed by atoms with van der Waals surface area (Å²) in [6.07, 6.45) is 2.03. The normalized spacial score (nSPS) is 16.1. The van der Waals surface area contributed by atoms with Crippen LogP contribution in [-0.2, 0) is 6.54 Å². The Hall–Kier alpha value is -3.08. The van der Waals surface area contributed by atoms with Gasteiger partial charge in [-0.1, -0.05) is 18.2 Å². The number of amides is 1. The van der Waals surface area contributed by atoms with Crippen LogP contribution in [0, 0.1) is 12.7 Å². The number of halogens is 1. The van der Waals surface area contributed by atoms with Crippen molar-refractivity contribution in [3.05, 3.63) is 89.0 Å². The molecule has 2 aromatic carbocycles. The number of fused-ring (bicyclic) bond motifs is 1. The first-order valence-electron chi connectivity index (χ1n) is 8.95. The van der Waals surface area contributed by atoms with Gasteiger partial charge in [0.1, 0.15) is 17.6 Å². The molecule has 0 N–H and O–H groups in total. The molecule has 0 saturated carbocycles. The quantitative estimate of drug-likeness (QED) is 0.698. The van der Waals surface area contributed by atoms with Gasteiger partial charge < -0.3 is 14.2 Å². The summed E-state index contributed by atoms with van der Waals surface area (Å²) in [6.45, 7) is 2.96. The van der Waals surface area contributed by atoms with Gasteiger partial charge in [-0.15, -0.1) is 0 Å². The van der Waals surface area contributed by atoms with Crippen molar-refractivity contribution in [3.8, 4) is 5.75 Å². The molecule has 0 spiro atoms. The number of rotatable bonds is 3. The van der Waals surface area contributed by atoms with Crippen molar-refractivity contribution >= 4 is 5.91 Å². The molecule has 1 aliphatic heterocycles. The van der Waals surface area contributed by atoms with Crippen LogP contribution in [0.4, 0.5) is 4.39 Å². The summed E-state index contributed by atoms with van der Waals surface area (Å²) < 4.78 is 21.4. The maximum Gasteiger partial charge on any atom is 0.254 e. The Labute approximate surface area is 157 Å². The highest BCUT2D eigenvalue weighted by molar-refractivity contribution is 5.95. The smallest absolute Gasteiger partial charge is 0.254 e. The molecule has 138 valence electrons. The molecule has 0 radical (unpaired) electrons. The maximum atomic E-state index is 13.7. The highest BCUT2D eigenvalue weighted by Gasteiger charge is 2.34. The highest BCUT2D eigenvalue weighted by atomic mass is 19.1. The van der Waals surface area contributed by atoms with Gasteiger partial charge in [-0.05, 0) is 48.9 Å². The lowest BCUT2D eigenvalue weighted by molar-refractivity contribution is 0.0662. The Morgan fingerprint density at radius 2 is 1.93 bits per heavy atom. The van der Waals surface area contributed by atoms with Crippen molar-refractivity contribution < 1.29 is 13.9 Å². The molecule has 0 unspecified atom stereocenters. The van der Waals surface area contributed by atoms with Crippen molar-refractivity contribution in [3.63, 3.8) is 0 Å². The minimum atomic E-state index is -0.305. The fourth-order valence-electron chi connectivity index (χ4n) is 3.77. The van der Waals surface area contributed by atoms with E-state index in [1.54, 1.807) is 26.2 Å². The number of methoxy groups -OCH3 is 1. The topological polar surface area (TPSA) is 34.5 Å². The van der Waals surface area contributed by atoms with Crippen LogP contribution in [0.15, 0.2) is 60.8 Å². The number of aryl methyl sites for hydroxylation is 1. The number of hydrogen-bond donors (Lipinski definition) is 0. The van der Waals surface area contributed by atoms with Gasteiger partial charge in [0.2, 0.25) is 0 Å². The minimum Gasteiger partial charge on any atom is -0.496 e. The summed E-state index contributed by atoms with van der Waals surface area (Å²) in [5, 5.41) is 0. The second-order valence-electron chi connectivity index (χ2n) is 6.73. The molecule has 1 atom stereocenters. The Bertz CT molecular complexity index is 995. The van der Waals surface area contributed by atoms with Gasteiger partial charge in [-0.3, -0.25) is 4.79 Å². The van der Waals surface area contributed by atoms with Crippen LogP contribution in [-0.4, -0.2) is 29.0 Å². The lowest BCUT2D eigenvalue weighted by Gasteiger charge is -2.38. The summed E-state index contributed by atoms with van der Waals surface area (Å²) >= 11 is 0. The van der Waals surface area contributed by atoms with E-state index in [2.05, 4.69) is 4.57 Å². The summed E-state index contributed by atoms with van der Waals surface area (Å²) in [6, 6.07) is 16.0. The molecule has 5 heteroatoms. The summed E-state index contributed by atoms with van der Waals surface area (Å²) in [4.78, 5) is 15.2. The van der Waals surface area contributed by atoms with E-state index in [0.29, 0.717) is 17.7 Å². The zero-order valence-corrected chi connectivity index (χ0v) is 15.4. The zero-order valence-electron chi connectivity index (χ0n) is 15.4. The average molecular weight is 364 g/mol. The van der Waals surface area contributed by atoms with E-state index in [1.165, 1.54) is 6.07 Å². The van der Waals surface area contributed by atoms with E-state index in [9.17, 15) is 9.18 Å². The molecule has 27 heavy (non-hydrogen) atoms. The molecular weight excluding hydrogens is 343 g/mol. The van der Waals surface area contributed by atoms with E-state index < -0.39 is 0 Å². The number of hydrogen-bond acceptors (Lipinski definition) is 2. The lowest BCUT2D eigenvalue weighted by Crippen LogP contribution is -2.42. The number of aromatic nitrogens is 1. The van der Waals surface area contributed by atoms with Crippen LogP contribution in [0.2, 0.25) is 0 Å². The van der Waals surface area contributed by atoms with Crippen LogP contribution in [0.1, 0.15) is 33.2 Å². The molecule has 0 aliphatic carbocycles. The molecule has 1 aliphatic rings. The van der Waals surface area contributed by atoms with Crippen LogP contribution in [0.5, 0.6) is 5.75 Å². The summed E-state index contributed by atoms with van der Waals surface area (Å²) in [7, 11) is 1.64.